The van der Waals surface area contributed by atoms with E-state index in [2.05, 4.69) is 67.8 Å². The second-order valence-electron chi connectivity index (χ2n) is 16.5. The molecule has 1 rings (SSSR count). The molecule has 0 aromatic carbocycles. The van der Waals surface area contributed by atoms with Gasteiger partial charge in [-0.15, -0.1) is 0 Å². The summed E-state index contributed by atoms with van der Waals surface area (Å²) < 4.78 is 11.2. The number of hydrogen-bond acceptors (Lipinski definition) is 8. The molecule has 0 aliphatic carbocycles. The van der Waals surface area contributed by atoms with Crippen LogP contribution in [0.25, 0.3) is 0 Å². The first-order chi connectivity index (χ1) is 28.8. The summed E-state index contributed by atoms with van der Waals surface area (Å²) in [7, 11) is 0. The number of allylic oxidation sites excluding steroid dienone is 9. The number of nitrogens with one attached hydrogen (secondary N) is 1. The Kier molecular flexibility index (Phi) is 37.2. The van der Waals surface area contributed by atoms with Gasteiger partial charge in [-0.3, -0.25) is 4.79 Å². The molecule has 1 amide bonds. The maximum atomic E-state index is 12.9. The van der Waals surface area contributed by atoms with Gasteiger partial charge in [0.05, 0.1) is 25.4 Å². The van der Waals surface area contributed by atoms with Crippen LogP contribution >= 0.6 is 0 Å². The molecular formula is C50H89NO8. The summed E-state index contributed by atoms with van der Waals surface area (Å²) in [4.78, 5) is 12.9. The van der Waals surface area contributed by atoms with E-state index in [1.54, 1.807) is 6.08 Å². The Morgan fingerprint density at radius 1 is 0.593 bits per heavy atom. The summed E-state index contributed by atoms with van der Waals surface area (Å²) in [6.07, 6.45) is 45.6. The van der Waals surface area contributed by atoms with Crippen LogP contribution in [0.5, 0.6) is 0 Å². The molecule has 0 saturated carbocycles. The zero-order valence-electron chi connectivity index (χ0n) is 37.5. The monoisotopic (exact) mass is 832 g/mol. The zero-order chi connectivity index (χ0) is 43.0. The van der Waals surface area contributed by atoms with Gasteiger partial charge in [-0.25, -0.2) is 0 Å². The highest BCUT2D eigenvalue weighted by Crippen LogP contribution is 2.22. The van der Waals surface area contributed by atoms with Crippen molar-refractivity contribution in [2.75, 3.05) is 13.2 Å². The van der Waals surface area contributed by atoms with Gasteiger partial charge in [0.15, 0.2) is 6.29 Å². The predicted octanol–water partition coefficient (Wildman–Crippen LogP) is 10.4. The van der Waals surface area contributed by atoms with Crippen molar-refractivity contribution in [2.45, 2.75) is 236 Å². The average molecular weight is 832 g/mol. The lowest BCUT2D eigenvalue weighted by Gasteiger charge is -2.40. The van der Waals surface area contributed by atoms with Gasteiger partial charge in [-0.2, -0.15) is 0 Å². The van der Waals surface area contributed by atoms with Crippen molar-refractivity contribution in [2.24, 2.45) is 0 Å². The molecule has 6 N–H and O–H groups in total. The number of rotatable bonds is 39. The van der Waals surface area contributed by atoms with Gasteiger partial charge < -0.3 is 40.3 Å². The second kappa shape index (κ2) is 40.0. The molecule has 0 aromatic rings. The van der Waals surface area contributed by atoms with Crippen molar-refractivity contribution in [1.29, 1.82) is 0 Å². The largest absolute Gasteiger partial charge is 0.394 e. The van der Waals surface area contributed by atoms with Crippen LogP contribution in [0.2, 0.25) is 0 Å². The van der Waals surface area contributed by atoms with E-state index in [-0.39, 0.29) is 12.5 Å². The summed E-state index contributed by atoms with van der Waals surface area (Å²) in [5.41, 5.74) is 0. The molecule has 59 heavy (non-hydrogen) atoms. The highest BCUT2D eigenvalue weighted by molar-refractivity contribution is 5.76. The van der Waals surface area contributed by atoms with E-state index >= 15 is 0 Å². The third-order valence-electron chi connectivity index (χ3n) is 11.1. The standard InChI is InChI=1S/C50H89NO8/c1-3-5-7-9-11-13-15-17-19-20-21-22-23-24-26-27-29-31-33-35-37-39-44(53)43(42-58-50-49(57)48(56)47(55)45(41-52)59-50)51-46(54)40-38-36-34-32-30-28-25-18-16-14-12-10-8-6-4-2/h6,8,12,14,18,25,29,31,37,39,43-45,47-50,52-53,55-57H,3-5,7,9-11,13,15-17,19-24,26-28,30,32-36,38,40-42H2,1-2H3,(H,51,54)/b8-6-,14-12-,25-18-,31-29+,39-37+. The third-order valence-corrected chi connectivity index (χ3v) is 11.1. The van der Waals surface area contributed by atoms with Gasteiger partial charge in [-0.05, 0) is 64.2 Å². The number of unbranched alkanes of at least 4 members (excludes halogenated alkanes) is 21. The van der Waals surface area contributed by atoms with Crippen LogP contribution in [0.15, 0.2) is 60.8 Å². The molecule has 7 unspecified atom stereocenters. The number of ether oxygens (including phenoxy) is 2. The van der Waals surface area contributed by atoms with Crippen LogP contribution in [0.4, 0.5) is 0 Å². The first-order valence-corrected chi connectivity index (χ1v) is 24.0. The van der Waals surface area contributed by atoms with Crippen molar-refractivity contribution < 1.29 is 39.8 Å². The number of carbonyl (C=O) groups is 1. The van der Waals surface area contributed by atoms with Crippen molar-refractivity contribution in [3.05, 3.63) is 60.8 Å². The van der Waals surface area contributed by atoms with Gasteiger partial charge in [0.25, 0.3) is 0 Å². The summed E-state index contributed by atoms with van der Waals surface area (Å²) in [6.45, 7) is 3.63. The molecule has 9 heteroatoms. The highest BCUT2D eigenvalue weighted by Gasteiger charge is 2.44. The lowest BCUT2D eigenvalue weighted by molar-refractivity contribution is -0.302. The number of aliphatic hydroxyl groups is 5. The van der Waals surface area contributed by atoms with E-state index in [1.807, 2.05) is 6.08 Å². The van der Waals surface area contributed by atoms with Crippen molar-refractivity contribution >= 4 is 5.91 Å². The van der Waals surface area contributed by atoms with Crippen molar-refractivity contribution in [3.63, 3.8) is 0 Å². The number of carbonyl (C=O) groups excluding carboxylic acids is 1. The molecule has 1 heterocycles. The smallest absolute Gasteiger partial charge is 0.220 e. The molecular weight excluding hydrogens is 743 g/mol. The fourth-order valence-electron chi connectivity index (χ4n) is 7.24. The van der Waals surface area contributed by atoms with Crippen molar-refractivity contribution in [1.82, 2.24) is 5.32 Å². The molecule has 9 nitrogen and oxygen atoms in total. The van der Waals surface area contributed by atoms with E-state index in [0.29, 0.717) is 6.42 Å². The Hall–Kier alpha value is -2.11. The predicted molar refractivity (Wildman–Crippen MR) is 244 cm³/mol. The minimum atomic E-state index is -1.58. The van der Waals surface area contributed by atoms with E-state index < -0.39 is 49.5 Å². The van der Waals surface area contributed by atoms with Crippen LogP contribution in [0.1, 0.15) is 194 Å². The van der Waals surface area contributed by atoms with Crippen LogP contribution in [0, 0.1) is 0 Å². The van der Waals surface area contributed by atoms with Crippen LogP contribution in [0.3, 0.4) is 0 Å². The van der Waals surface area contributed by atoms with Gasteiger partial charge >= 0.3 is 0 Å². The van der Waals surface area contributed by atoms with Crippen LogP contribution < -0.4 is 5.32 Å². The first kappa shape index (κ1) is 54.9. The van der Waals surface area contributed by atoms with Gasteiger partial charge in [0, 0.05) is 6.42 Å². The Labute approximate surface area is 360 Å². The molecule has 1 saturated heterocycles. The van der Waals surface area contributed by atoms with E-state index in [4.69, 9.17) is 9.47 Å². The van der Waals surface area contributed by atoms with Crippen molar-refractivity contribution in [3.8, 4) is 0 Å². The molecule has 342 valence electrons. The first-order valence-electron chi connectivity index (χ1n) is 24.0. The van der Waals surface area contributed by atoms with E-state index in [0.717, 1.165) is 77.0 Å². The molecule has 1 aliphatic rings. The number of hydrogen-bond donors (Lipinski definition) is 6. The normalized spacial score (nSPS) is 21.2. The van der Waals surface area contributed by atoms with Crippen LogP contribution in [-0.4, -0.2) is 87.5 Å². The van der Waals surface area contributed by atoms with Crippen LogP contribution in [-0.2, 0) is 14.3 Å². The molecule has 0 bridgehead atoms. The van der Waals surface area contributed by atoms with Gasteiger partial charge in [0.2, 0.25) is 5.91 Å². The molecule has 0 spiro atoms. The molecule has 1 fully saturated rings. The lowest BCUT2D eigenvalue weighted by atomic mass is 9.99. The lowest BCUT2D eigenvalue weighted by Crippen LogP contribution is -2.60. The summed E-state index contributed by atoms with van der Waals surface area (Å²) in [5, 5.41) is 54.2. The SMILES string of the molecule is CC/C=C\C/C=C\C/C=C\CCCCCCCC(=O)NC(COC1OC(CO)C(O)C(O)C1O)C(O)/C=C/CC/C=C/CCCCCCCCCCCCCCCCC. The summed E-state index contributed by atoms with van der Waals surface area (Å²) in [5.74, 6) is -0.206. The Bertz CT molecular complexity index is 1100. The molecule has 0 aromatic heterocycles. The molecule has 7 atom stereocenters. The third kappa shape index (κ3) is 30.6. The number of amides is 1. The molecule has 1 aliphatic heterocycles. The van der Waals surface area contributed by atoms with E-state index in [9.17, 15) is 30.3 Å². The zero-order valence-corrected chi connectivity index (χ0v) is 37.5. The Balaban J connectivity index is 2.36. The maximum Gasteiger partial charge on any atom is 0.220 e. The minimum Gasteiger partial charge on any atom is -0.394 e. The average Bonchev–Trinajstić information content (AvgIpc) is 3.23. The highest BCUT2D eigenvalue weighted by atomic mass is 16.7. The topological polar surface area (TPSA) is 149 Å². The second-order valence-corrected chi connectivity index (χ2v) is 16.5. The number of aliphatic hydroxyl groups excluding tert-OH is 5. The quantitative estimate of drug-likeness (QED) is 0.0265. The maximum absolute atomic E-state index is 12.9. The van der Waals surface area contributed by atoms with Gasteiger partial charge in [-0.1, -0.05) is 184 Å². The summed E-state index contributed by atoms with van der Waals surface area (Å²) >= 11 is 0. The van der Waals surface area contributed by atoms with E-state index in [1.165, 1.54) is 96.3 Å². The molecule has 0 radical (unpaired) electrons. The fraction of sp³-hybridized carbons (Fsp3) is 0.780. The van der Waals surface area contributed by atoms with Gasteiger partial charge in [0.1, 0.15) is 24.4 Å². The summed E-state index contributed by atoms with van der Waals surface area (Å²) in [6, 6.07) is -0.832. The fourth-order valence-corrected chi connectivity index (χ4v) is 7.24. The Morgan fingerprint density at radius 3 is 1.63 bits per heavy atom. The minimum absolute atomic E-state index is 0.206. The Morgan fingerprint density at radius 2 is 1.07 bits per heavy atom.